The zero-order chi connectivity index (χ0) is 19.9. The third-order valence-electron chi connectivity index (χ3n) is 5.43. The second-order valence-electron chi connectivity index (χ2n) is 7.23. The van der Waals surface area contributed by atoms with Gasteiger partial charge in [-0.15, -0.1) is 0 Å². The van der Waals surface area contributed by atoms with Crippen LogP contribution in [0.1, 0.15) is 42.6 Å². The topological polar surface area (TPSA) is 43.8 Å². The van der Waals surface area contributed by atoms with Crippen LogP contribution >= 0.6 is 0 Å². The van der Waals surface area contributed by atoms with Gasteiger partial charge in [0.25, 0.3) is 0 Å². The molecule has 2 aromatic rings. The van der Waals surface area contributed by atoms with Crippen molar-refractivity contribution in [1.82, 2.24) is 0 Å². The van der Waals surface area contributed by atoms with Crippen LogP contribution in [0.3, 0.4) is 0 Å². The summed E-state index contributed by atoms with van der Waals surface area (Å²) in [4.78, 5) is 17.0. The molecular formula is C24H30N2O2. The maximum Gasteiger partial charge on any atom is 0.185 e. The molecule has 0 aromatic heterocycles. The zero-order valence-electron chi connectivity index (χ0n) is 16.8. The summed E-state index contributed by atoms with van der Waals surface area (Å²) in [6.07, 6.45) is 4.93. The van der Waals surface area contributed by atoms with Crippen LogP contribution in [0.25, 0.3) is 6.08 Å². The molecule has 0 bridgehead atoms. The number of piperidine rings is 1. The van der Waals surface area contributed by atoms with Gasteiger partial charge >= 0.3 is 0 Å². The minimum Gasteiger partial charge on any atom is -0.393 e. The molecule has 1 fully saturated rings. The van der Waals surface area contributed by atoms with E-state index in [0.717, 1.165) is 50.3 Å². The monoisotopic (exact) mass is 378 g/mol. The second-order valence-corrected chi connectivity index (χ2v) is 7.23. The number of allylic oxidation sites excluding steroid dienone is 1. The van der Waals surface area contributed by atoms with Crippen molar-refractivity contribution in [2.45, 2.75) is 32.8 Å². The van der Waals surface area contributed by atoms with E-state index in [9.17, 15) is 9.90 Å². The lowest BCUT2D eigenvalue weighted by Gasteiger charge is -2.31. The molecule has 0 radical (unpaired) electrons. The second kappa shape index (κ2) is 9.56. The molecule has 0 amide bonds. The van der Waals surface area contributed by atoms with Gasteiger partial charge in [0.2, 0.25) is 0 Å². The number of aliphatic hydroxyl groups excluding tert-OH is 1. The van der Waals surface area contributed by atoms with Gasteiger partial charge in [0.05, 0.1) is 6.10 Å². The molecule has 2 aromatic carbocycles. The largest absolute Gasteiger partial charge is 0.393 e. The van der Waals surface area contributed by atoms with Crippen LogP contribution < -0.4 is 9.80 Å². The van der Waals surface area contributed by atoms with Gasteiger partial charge < -0.3 is 14.9 Å². The van der Waals surface area contributed by atoms with E-state index in [-0.39, 0.29) is 11.9 Å². The number of aliphatic hydroxyl groups is 1. The van der Waals surface area contributed by atoms with Gasteiger partial charge in [-0.25, -0.2) is 0 Å². The smallest absolute Gasteiger partial charge is 0.185 e. The van der Waals surface area contributed by atoms with Gasteiger partial charge in [-0.1, -0.05) is 18.2 Å². The van der Waals surface area contributed by atoms with Crippen molar-refractivity contribution < 1.29 is 9.90 Å². The van der Waals surface area contributed by atoms with Crippen LogP contribution in [0.5, 0.6) is 0 Å². The van der Waals surface area contributed by atoms with E-state index >= 15 is 0 Å². The highest BCUT2D eigenvalue weighted by Gasteiger charge is 2.17. The molecule has 4 heteroatoms. The first-order valence-electron chi connectivity index (χ1n) is 10.2. The molecule has 1 aliphatic heterocycles. The number of hydrogen-bond donors (Lipinski definition) is 1. The number of carbonyl (C=O) groups excluding carboxylic acids is 1. The zero-order valence-corrected chi connectivity index (χ0v) is 16.8. The van der Waals surface area contributed by atoms with E-state index in [0.29, 0.717) is 5.56 Å². The Bertz CT molecular complexity index is 784. The average molecular weight is 379 g/mol. The van der Waals surface area contributed by atoms with Crippen LogP contribution in [-0.2, 0) is 0 Å². The molecule has 4 nitrogen and oxygen atoms in total. The fourth-order valence-electron chi connectivity index (χ4n) is 3.61. The van der Waals surface area contributed by atoms with Crippen LogP contribution in [0.15, 0.2) is 54.6 Å². The lowest BCUT2D eigenvalue weighted by atomic mass is 10.1. The molecule has 0 saturated carbocycles. The van der Waals surface area contributed by atoms with Crippen molar-refractivity contribution >= 4 is 23.2 Å². The van der Waals surface area contributed by atoms with Crippen molar-refractivity contribution in [2.75, 3.05) is 36.0 Å². The first-order valence-corrected chi connectivity index (χ1v) is 10.2. The predicted molar refractivity (Wildman–Crippen MR) is 117 cm³/mol. The summed E-state index contributed by atoms with van der Waals surface area (Å²) >= 11 is 0. The molecule has 1 heterocycles. The summed E-state index contributed by atoms with van der Waals surface area (Å²) < 4.78 is 0. The molecule has 0 spiro atoms. The molecule has 1 N–H and O–H groups in total. The van der Waals surface area contributed by atoms with Gasteiger partial charge in [0.15, 0.2) is 5.78 Å². The molecule has 148 valence electrons. The molecule has 1 aliphatic rings. The first-order chi connectivity index (χ1) is 13.6. The standard InChI is InChI=1S/C24H30N2O2/c1-3-25(4-2)21-10-5-19(6-11-21)7-14-24(28)20-8-12-22(13-9-20)26-17-15-23(27)16-18-26/h5-14,23,27H,3-4,15-18H2,1-2H3/b14-7+. The molecular weight excluding hydrogens is 348 g/mol. The van der Waals surface area contributed by atoms with Crippen molar-refractivity contribution in [3.63, 3.8) is 0 Å². The summed E-state index contributed by atoms with van der Waals surface area (Å²) in [6.45, 7) is 7.98. The summed E-state index contributed by atoms with van der Waals surface area (Å²) in [5, 5.41) is 9.63. The van der Waals surface area contributed by atoms with E-state index in [1.165, 1.54) is 5.69 Å². The van der Waals surface area contributed by atoms with Gasteiger partial charge in [-0.3, -0.25) is 4.79 Å². The Morgan fingerprint density at radius 3 is 2.21 bits per heavy atom. The van der Waals surface area contributed by atoms with E-state index in [1.54, 1.807) is 6.08 Å². The van der Waals surface area contributed by atoms with Gasteiger partial charge in [0.1, 0.15) is 0 Å². The van der Waals surface area contributed by atoms with Crippen LogP contribution in [0, 0.1) is 0 Å². The van der Waals surface area contributed by atoms with Crippen LogP contribution in [0.4, 0.5) is 11.4 Å². The normalized spacial score (nSPS) is 15.2. The Morgan fingerprint density at radius 2 is 1.64 bits per heavy atom. The quantitative estimate of drug-likeness (QED) is 0.573. The molecule has 28 heavy (non-hydrogen) atoms. The Morgan fingerprint density at radius 1 is 1.04 bits per heavy atom. The summed E-state index contributed by atoms with van der Waals surface area (Å²) in [5.41, 5.74) is 4.03. The third-order valence-corrected chi connectivity index (χ3v) is 5.43. The van der Waals surface area contributed by atoms with Gasteiger partial charge in [-0.05, 0) is 74.7 Å². The Labute approximate surface area is 168 Å². The van der Waals surface area contributed by atoms with Gasteiger partial charge in [0, 0.05) is 43.1 Å². The lowest BCUT2D eigenvalue weighted by molar-refractivity contribution is 0.104. The minimum absolute atomic E-state index is 0.00781. The number of rotatable bonds is 7. The summed E-state index contributed by atoms with van der Waals surface area (Å²) in [7, 11) is 0. The first kappa shape index (κ1) is 20.2. The van der Waals surface area contributed by atoms with Crippen LogP contribution in [-0.4, -0.2) is 43.2 Å². The van der Waals surface area contributed by atoms with E-state index in [1.807, 2.05) is 42.5 Å². The number of ketones is 1. The maximum atomic E-state index is 12.5. The summed E-state index contributed by atoms with van der Waals surface area (Å²) in [6, 6.07) is 16.1. The molecule has 0 unspecified atom stereocenters. The van der Waals surface area contributed by atoms with Crippen molar-refractivity contribution in [3.8, 4) is 0 Å². The van der Waals surface area contributed by atoms with Gasteiger partial charge in [-0.2, -0.15) is 0 Å². The fraction of sp³-hybridized carbons (Fsp3) is 0.375. The highest BCUT2D eigenvalue weighted by molar-refractivity contribution is 6.07. The number of hydrogen-bond acceptors (Lipinski definition) is 4. The average Bonchev–Trinajstić information content (AvgIpc) is 2.74. The van der Waals surface area contributed by atoms with E-state index in [2.05, 4.69) is 35.8 Å². The molecule has 1 saturated heterocycles. The van der Waals surface area contributed by atoms with Crippen molar-refractivity contribution in [1.29, 1.82) is 0 Å². The lowest BCUT2D eigenvalue weighted by Crippen LogP contribution is -2.35. The SMILES string of the molecule is CCN(CC)c1ccc(/C=C/C(=O)c2ccc(N3CCC(O)CC3)cc2)cc1. The Balaban J connectivity index is 1.61. The molecule has 3 rings (SSSR count). The number of nitrogens with zero attached hydrogens (tertiary/aromatic N) is 2. The van der Waals surface area contributed by atoms with Crippen molar-refractivity contribution in [2.24, 2.45) is 0 Å². The molecule has 0 atom stereocenters. The maximum absolute atomic E-state index is 12.5. The molecule has 0 aliphatic carbocycles. The predicted octanol–water partition coefficient (Wildman–Crippen LogP) is 4.39. The Hall–Kier alpha value is -2.59. The van der Waals surface area contributed by atoms with Crippen molar-refractivity contribution in [3.05, 3.63) is 65.7 Å². The highest BCUT2D eigenvalue weighted by atomic mass is 16.3. The number of anilines is 2. The van der Waals surface area contributed by atoms with E-state index < -0.39 is 0 Å². The fourth-order valence-corrected chi connectivity index (χ4v) is 3.61. The Kier molecular flexibility index (Phi) is 6.88. The summed E-state index contributed by atoms with van der Waals surface area (Å²) in [5.74, 6) is 0.00781. The van der Waals surface area contributed by atoms with E-state index in [4.69, 9.17) is 0 Å². The van der Waals surface area contributed by atoms with Crippen LogP contribution in [0.2, 0.25) is 0 Å². The minimum atomic E-state index is -0.177. The number of carbonyl (C=O) groups is 1. The third kappa shape index (κ3) is 5.02. The highest BCUT2D eigenvalue weighted by Crippen LogP contribution is 2.21. The number of benzene rings is 2.